The maximum Gasteiger partial charge on any atom is 0.257 e. The Morgan fingerprint density at radius 1 is 1.08 bits per heavy atom. The first-order valence-electron chi connectivity index (χ1n) is 8.10. The van der Waals surface area contributed by atoms with E-state index in [0.717, 1.165) is 16.6 Å². The molecule has 1 N–H and O–H groups in total. The van der Waals surface area contributed by atoms with E-state index in [0.29, 0.717) is 27.9 Å². The number of benzene rings is 2. The maximum absolute atomic E-state index is 12.7. The first-order chi connectivity index (χ1) is 12.6. The van der Waals surface area contributed by atoms with Crippen molar-refractivity contribution in [2.24, 2.45) is 0 Å². The number of fused-ring (bicyclic) bond motifs is 1. The summed E-state index contributed by atoms with van der Waals surface area (Å²) in [5.74, 6) is 1.00. The molecule has 1 amide bonds. The van der Waals surface area contributed by atoms with Crippen LogP contribution in [0.1, 0.15) is 22.8 Å². The van der Waals surface area contributed by atoms with Crippen LogP contribution in [0.4, 0.5) is 5.13 Å². The average molecular weight is 372 g/mol. The zero-order chi connectivity index (χ0) is 18.7. The number of aryl methyl sites for hydroxylation is 1. The zero-order valence-corrected chi connectivity index (χ0v) is 15.9. The highest BCUT2D eigenvalue weighted by Gasteiger charge is 2.18. The third kappa shape index (κ3) is 3.43. The Bertz CT molecular complexity index is 927. The van der Waals surface area contributed by atoms with Crippen LogP contribution in [-0.4, -0.2) is 32.2 Å². The second-order valence-electron chi connectivity index (χ2n) is 5.54. The Morgan fingerprint density at radius 2 is 1.77 bits per heavy atom. The molecule has 0 saturated heterocycles. The summed E-state index contributed by atoms with van der Waals surface area (Å²) in [5.41, 5.74) is 2.50. The van der Waals surface area contributed by atoms with Gasteiger partial charge in [0.05, 0.1) is 31.5 Å². The molecule has 3 rings (SSSR count). The minimum atomic E-state index is -0.293. The molecule has 1 heterocycles. The van der Waals surface area contributed by atoms with Crippen LogP contribution in [0.15, 0.2) is 30.3 Å². The molecule has 0 aliphatic heterocycles. The number of nitrogens with one attached hydrogen (secondary N) is 1. The van der Waals surface area contributed by atoms with Gasteiger partial charge in [-0.1, -0.05) is 24.3 Å². The third-order valence-electron chi connectivity index (χ3n) is 4.01. The molecule has 0 aliphatic carbocycles. The molecule has 3 aromatic rings. The summed E-state index contributed by atoms with van der Waals surface area (Å²) in [6.07, 6.45) is 0.959. The molecule has 0 atom stereocenters. The van der Waals surface area contributed by atoms with E-state index in [4.69, 9.17) is 14.2 Å². The van der Waals surface area contributed by atoms with E-state index < -0.39 is 0 Å². The van der Waals surface area contributed by atoms with Crippen LogP contribution in [0.2, 0.25) is 0 Å². The summed E-state index contributed by atoms with van der Waals surface area (Å²) in [6, 6.07) is 9.34. The number of anilines is 1. The van der Waals surface area contributed by atoms with Crippen molar-refractivity contribution in [2.45, 2.75) is 13.3 Å². The second-order valence-corrected chi connectivity index (χ2v) is 6.57. The number of nitrogens with zero attached hydrogens (tertiary/aromatic N) is 1. The third-order valence-corrected chi connectivity index (χ3v) is 4.94. The van der Waals surface area contributed by atoms with Crippen molar-refractivity contribution in [3.63, 3.8) is 0 Å². The SMILES string of the molecule is CCc1ccc2nc(NC(=O)c3cc(OC)c(OC)c(OC)c3)sc2c1. The molecular formula is C19H20N2O4S. The van der Waals surface area contributed by atoms with Crippen molar-refractivity contribution in [2.75, 3.05) is 26.6 Å². The van der Waals surface area contributed by atoms with Crippen molar-refractivity contribution in [1.82, 2.24) is 4.98 Å². The molecule has 2 aromatic carbocycles. The van der Waals surface area contributed by atoms with Gasteiger partial charge in [-0.05, 0) is 36.2 Å². The summed E-state index contributed by atoms with van der Waals surface area (Å²) in [5, 5.41) is 3.39. The normalized spacial score (nSPS) is 10.6. The fraction of sp³-hybridized carbons (Fsp3) is 0.263. The van der Waals surface area contributed by atoms with Gasteiger partial charge >= 0.3 is 0 Å². The second kappa shape index (κ2) is 7.61. The predicted octanol–water partition coefficient (Wildman–Crippen LogP) is 4.14. The highest BCUT2D eigenvalue weighted by atomic mass is 32.1. The van der Waals surface area contributed by atoms with Gasteiger partial charge in [-0.15, -0.1) is 0 Å². The number of thiazole rings is 1. The van der Waals surface area contributed by atoms with Gasteiger partial charge in [-0.2, -0.15) is 0 Å². The van der Waals surface area contributed by atoms with E-state index in [2.05, 4.69) is 23.3 Å². The van der Waals surface area contributed by atoms with E-state index in [9.17, 15) is 4.79 Å². The number of rotatable bonds is 6. The Balaban J connectivity index is 1.90. The zero-order valence-electron chi connectivity index (χ0n) is 15.1. The minimum Gasteiger partial charge on any atom is -0.493 e. The number of ether oxygens (including phenoxy) is 3. The van der Waals surface area contributed by atoms with Gasteiger partial charge < -0.3 is 14.2 Å². The topological polar surface area (TPSA) is 69.7 Å². The lowest BCUT2D eigenvalue weighted by atomic mass is 10.1. The Kier molecular flexibility index (Phi) is 5.27. The number of aromatic nitrogens is 1. The van der Waals surface area contributed by atoms with Crippen LogP contribution >= 0.6 is 11.3 Å². The van der Waals surface area contributed by atoms with Crippen LogP contribution < -0.4 is 19.5 Å². The van der Waals surface area contributed by atoms with E-state index in [1.807, 2.05) is 12.1 Å². The summed E-state index contributed by atoms with van der Waals surface area (Å²) in [6.45, 7) is 2.11. The van der Waals surface area contributed by atoms with Crippen LogP contribution in [-0.2, 0) is 6.42 Å². The molecule has 136 valence electrons. The Morgan fingerprint density at radius 3 is 2.35 bits per heavy atom. The molecule has 1 aromatic heterocycles. The number of amides is 1. The molecule has 0 saturated carbocycles. The molecule has 0 unspecified atom stereocenters. The van der Waals surface area contributed by atoms with Crippen molar-refractivity contribution in [1.29, 1.82) is 0 Å². The number of methoxy groups -OCH3 is 3. The molecule has 0 aliphatic rings. The van der Waals surface area contributed by atoms with Crippen LogP contribution in [0.25, 0.3) is 10.2 Å². The van der Waals surface area contributed by atoms with E-state index in [-0.39, 0.29) is 5.91 Å². The fourth-order valence-electron chi connectivity index (χ4n) is 2.62. The van der Waals surface area contributed by atoms with Gasteiger partial charge in [0.15, 0.2) is 16.6 Å². The molecule has 7 heteroatoms. The maximum atomic E-state index is 12.7. The van der Waals surface area contributed by atoms with Gasteiger partial charge in [-0.25, -0.2) is 4.98 Å². The standard InChI is InChI=1S/C19H20N2O4S/c1-5-11-6-7-13-16(8-11)26-19(20-13)21-18(22)12-9-14(23-2)17(25-4)15(10-12)24-3/h6-10H,5H2,1-4H3,(H,20,21,22). The number of hydrogen-bond donors (Lipinski definition) is 1. The Labute approximate surface area is 155 Å². The fourth-order valence-corrected chi connectivity index (χ4v) is 3.55. The summed E-state index contributed by atoms with van der Waals surface area (Å²) < 4.78 is 16.9. The van der Waals surface area contributed by atoms with Gasteiger partial charge in [-0.3, -0.25) is 10.1 Å². The average Bonchev–Trinajstić information content (AvgIpc) is 3.07. The lowest BCUT2D eigenvalue weighted by Crippen LogP contribution is -2.12. The van der Waals surface area contributed by atoms with Crippen LogP contribution in [0, 0.1) is 0 Å². The summed E-state index contributed by atoms with van der Waals surface area (Å²) in [7, 11) is 4.54. The highest BCUT2D eigenvalue weighted by Crippen LogP contribution is 2.38. The molecular weight excluding hydrogens is 352 g/mol. The lowest BCUT2D eigenvalue weighted by Gasteiger charge is -2.13. The van der Waals surface area contributed by atoms with E-state index in [1.54, 1.807) is 12.1 Å². The number of carbonyl (C=O) groups excluding carboxylic acids is 1. The van der Waals surface area contributed by atoms with Crippen LogP contribution in [0.3, 0.4) is 0 Å². The van der Waals surface area contributed by atoms with Gasteiger partial charge in [0.25, 0.3) is 5.91 Å². The molecule has 0 radical (unpaired) electrons. The van der Waals surface area contributed by atoms with Crippen LogP contribution in [0.5, 0.6) is 17.2 Å². The van der Waals surface area contributed by atoms with E-state index >= 15 is 0 Å². The molecule has 0 bridgehead atoms. The first-order valence-corrected chi connectivity index (χ1v) is 8.92. The first kappa shape index (κ1) is 18.0. The highest BCUT2D eigenvalue weighted by molar-refractivity contribution is 7.22. The lowest BCUT2D eigenvalue weighted by molar-refractivity contribution is 0.102. The minimum absolute atomic E-state index is 0.293. The largest absolute Gasteiger partial charge is 0.493 e. The van der Waals surface area contributed by atoms with Crippen molar-refractivity contribution >= 4 is 32.6 Å². The number of carbonyl (C=O) groups is 1. The van der Waals surface area contributed by atoms with Crippen molar-refractivity contribution in [3.8, 4) is 17.2 Å². The monoisotopic (exact) mass is 372 g/mol. The van der Waals surface area contributed by atoms with E-state index in [1.165, 1.54) is 38.2 Å². The number of hydrogen-bond acceptors (Lipinski definition) is 6. The molecule has 6 nitrogen and oxygen atoms in total. The molecule has 0 fully saturated rings. The van der Waals surface area contributed by atoms with Gasteiger partial charge in [0.1, 0.15) is 0 Å². The Hall–Kier alpha value is -2.80. The predicted molar refractivity (Wildman–Crippen MR) is 103 cm³/mol. The molecule has 0 spiro atoms. The molecule has 26 heavy (non-hydrogen) atoms. The van der Waals surface area contributed by atoms with Gasteiger partial charge in [0.2, 0.25) is 5.75 Å². The summed E-state index contributed by atoms with van der Waals surface area (Å²) in [4.78, 5) is 17.1. The van der Waals surface area contributed by atoms with Gasteiger partial charge in [0, 0.05) is 5.56 Å². The van der Waals surface area contributed by atoms with Crippen molar-refractivity contribution in [3.05, 3.63) is 41.5 Å². The smallest absolute Gasteiger partial charge is 0.257 e. The summed E-state index contributed by atoms with van der Waals surface area (Å²) >= 11 is 1.45. The van der Waals surface area contributed by atoms with Crippen molar-refractivity contribution < 1.29 is 19.0 Å². The quantitative estimate of drug-likeness (QED) is 0.704.